The summed E-state index contributed by atoms with van der Waals surface area (Å²) in [4.78, 5) is 0. The zero-order valence-corrected chi connectivity index (χ0v) is 11.6. The third-order valence-electron chi connectivity index (χ3n) is 5.74. The van der Waals surface area contributed by atoms with Crippen molar-refractivity contribution in [2.75, 3.05) is 17.6 Å². The van der Waals surface area contributed by atoms with Gasteiger partial charge in [-0.25, -0.2) is 0 Å². The van der Waals surface area contributed by atoms with Crippen LogP contribution in [0, 0.1) is 23.2 Å². The monoisotopic (exact) mass is 256 g/mol. The van der Waals surface area contributed by atoms with Crippen molar-refractivity contribution in [2.45, 2.75) is 38.5 Å². The van der Waals surface area contributed by atoms with Crippen LogP contribution >= 0.6 is 0 Å². The van der Waals surface area contributed by atoms with E-state index in [1.165, 1.54) is 50.8 Å². The van der Waals surface area contributed by atoms with Crippen molar-refractivity contribution in [2.24, 2.45) is 23.2 Å². The first-order valence-corrected chi connectivity index (χ1v) is 7.80. The van der Waals surface area contributed by atoms with E-state index in [1.807, 2.05) is 12.1 Å². The fraction of sp³-hybridized carbons (Fsp3) is 0.647. The number of nitrogens with one attached hydrogen (secondary N) is 1. The van der Waals surface area contributed by atoms with E-state index in [4.69, 9.17) is 5.73 Å². The lowest BCUT2D eigenvalue weighted by Crippen LogP contribution is -2.49. The van der Waals surface area contributed by atoms with Gasteiger partial charge < -0.3 is 11.1 Å². The molecule has 0 radical (unpaired) electrons. The standard InChI is InChI=1S/C17H24N2/c18-15-1-3-16(4-2-15)19-11-17-8-12-5-13(9-17)7-14(6-12)10-17/h1-4,12-14,19H,5-11,18H2. The van der Waals surface area contributed by atoms with Crippen molar-refractivity contribution >= 4 is 11.4 Å². The molecule has 4 aliphatic rings. The van der Waals surface area contributed by atoms with Gasteiger partial charge in [-0.2, -0.15) is 0 Å². The van der Waals surface area contributed by atoms with Gasteiger partial charge in [-0.1, -0.05) is 0 Å². The molecule has 2 nitrogen and oxygen atoms in total. The number of anilines is 2. The maximum Gasteiger partial charge on any atom is 0.0341 e. The molecule has 102 valence electrons. The summed E-state index contributed by atoms with van der Waals surface area (Å²) in [5.74, 6) is 3.12. The average molecular weight is 256 g/mol. The summed E-state index contributed by atoms with van der Waals surface area (Å²) < 4.78 is 0. The first-order chi connectivity index (χ1) is 9.21. The average Bonchev–Trinajstić information content (AvgIpc) is 2.36. The van der Waals surface area contributed by atoms with Gasteiger partial charge in [-0.05, 0) is 86.0 Å². The Balaban J connectivity index is 1.46. The Hall–Kier alpha value is -1.18. The number of hydrogen-bond acceptors (Lipinski definition) is 2. The molecule has 0 atom stereocenters. The molecular weight excluding hydrogens is 232 g/mol. The fourth-order valence-corrected chi connectivity index (χ4v) is 5.40. The zero-order valence-electron chi connectivity index (χ0n) is 11.6. The minimum absolute atomic E-state index is 0.607. The fourth-order valence-electron chi connectivity index (χ4n) is 5.40. The summed E-state index contributed by atoms with van der Waals surface area (Å²) in [6.07, 6.45) is 9.01. The summed E-state index contributed by atoms with van der Waals surface area (Å²) in [5, 5.41) is 3.67. The van der Waals surface area contributed by atoms with Crippen molar-refractivity contribution in [1.82, 2.24) is 0 Å². The normalized spacial score (nSPS) is 39.5. The maximum absolute atomic E-state index is 5.74. The number of hydrogen-bond donors (Lipinski definition) is 2. The second-order valence-electron chi connectivity index (χ2n) is 7.39. The highest BCUT2D eigenvalue weighted by Crippen LogP contribution is 2.59. The van der Waals surface area contributed by atoms with E-state index in [0.29, 0.717) is 5.41 Å². The molecule has 0 spiro atoms. The summed E-state index contributed by atoms with van der Waals surface area (Å²) in [5.41, 5.74) is 8.42. The predicted molar refractivity (Wildman–Crippen MR) is 79.9 cm³/mol. The molecule has 5 rings (SSSR count). The lowest BCUT2D eigenvalue weighted by atomic mass is 9.49. The van der Waals surface area contributed by atoms with E-state index in [1.54, 1.807) is 0 Å². The van der Waals surface area contributed by atoms with Crippen molar-refractivity contribution < 1.29 is 0 Å². The molecule has 1 aromatic rings. The Labute approximate surface area is 115 Å². The van der Waals surface area contributed by atoms with Crippen LogP contribution in [0.2, 0.25) is 0 Å². The van der Waals surface area contributed by atoms with Crippen molar-refractivity contribution in [3.05, 3.63) is 24.3 Å². The van der Waals surface area contributed by atoms with Crippen LogP contribution in [0.3, 0.4) is 0 Å². The number of rotatable bonds is 3. The Kier molecular flexibility index (Phi) is 2.54. The van der Waals surface area contributed by atoms with E-state index >= 15 is 0 Å². The summed E-state index contributed by atoms with van der Waals surface area (Å²) in [6, 6.07) is 8.19. The minimum Gasteiger partial charge on any atom is -0.399 e. The highest BCUT2D eigenvalue weighted by molar-refractivity contribution is 5.51. The molecule has 0 unspecified atom stereocenters. The van der Waals surface area contributed by atoms with Crippen molar-refractivity contribution in [3.8, 4) is 0 Å². The second kappa shape index (κ2) is 4.16. The van der Waals surface area contributed by atoms with Crippen molar-refractivity contribution in [1.29, 1.82) is 0 Å². The Bertz CT molecular complexity index is 427. The molecule has 2 heteroatoms. The quantitative estimate of drug-likeness (QED) is 0.805. The van der Waals surface area contributed by atoms with Crippen LogP contribution < -0.4 is 11.1 Å². The van der Waals surface area contributed by atoms with Crippen LogP contribution in [0.1, 0.15) is 38.5 Å². The van der Waals surface area contributed by atoms with E-state index in [-0.39, 0.29) is 0 Å². The van der Waals surface area contributed by atoms with E-state index in [2.05, 4.69) is 17.4 Å². The van der Waals surface area contributed by atoms with Gasteiger partial charge in [-0.15, -0.1) is 0 Å². The summed E-state index contributed by atoms with van der Waals surface area (Å²) in [7, 11) is 0. The van der Waals surface area contributed by atoms with Gasteiger partial charge >= 0.3 is 0 Å². The highest BCUT2D eigenvalue weighted by Gasteiger charge is 2.50. The molecule has 0 amide bonds. The first kappa shape index (κ1) is 11.6. The number of benzene rings is 1. The molecular formula is C17H24N2. The maximum atomic E-state index is 5.74. The van der Waals surface area contributed by atoms with Crippen LogP contribution in [0.4, 0.5) is 11.4 Å². The van der Waals surface area contributed by atoms with Gasteiger partial charge in [0.05, 0.1) is 0 Å². The lowest BCUT2D eigenvalue weighted by molar-refractivity contribution is -0.0444. The topological polar surface area (TPSA) is 38.0 Å². The SMILES string of the molecule is Nc1ccc(NCC23CC4CC(CC(C4)C2)C3)cc1. The summed E-state index contributed by atoms with van der Waals surface area (Å²) in [6.45, 7) is 1.17. The third kappa shape index (κ3) is 2.11. The molecule has 4 fully saturated rings. The molecule has 0 heterocycles. The van der Waals surface area contributed by atoms with Crippen LogP contribution in [-0.2, 0) is 0 Å². The van der Waals surface area contributed by atoms with Gasteiger partial charge in [0.2, 0.25) is 0 Å². The smallest absolute Gasteiger partial charge is 0.0341 e. The molecule has 1 aromatic carbocycles. The second-order valence-corrected chi connectivity index (χ2v) is 7.39. The van der Waals surface area contributed by atoms with Gasteiger partial charge in [-0.3, -0.25) is 0 Å². The van der Waals surface area contributed by atoms with Gasteiger partial charge in [0.25, 0.3) is 0 Å². The molecule has 0 saturated heterocycles. The van der Waals surface area contributed by atoms with Gasteiger partial charge in [0, 0.05) is 17.9 Å². The van der Waals surface area contributed by atoms with E-state index < -0.39 is 0 Å². The molecule has 4 aliphatic carbocycles. The van der Waals surface area contributed by atoms with Gasteiger partial charge in [0.1, 0.15) is 0 Å². The zero-order chi connectivity index (χ0) is 12.9. The predicted octanol–water partition coefficient (Wildman–Crippen LogP) is 3.90. The largest absolute Gasteiger partial charge is 0.399 e. The van der Waals surface area contributed by atoms with Crippen LogP contribution in [0.15, 0.2) is 24.3 Å². The Morgan fingerprint density at radius 1 is 0.947 bits per heavy atom. The number of nitrogen functional groups attached to an aromatic ring is 1. The highest BCUT2D eigenvalue weighted by atomic mass is 14.9. The Morgan fingerprint density at radius 2 is 1.47 bits per heavy atom. The van der Waals surface area contributed by atoms with E-state index in [0.717, 1.165) is 23.4 Å². The third-order valence-corrected chi connectivity index (χ3v) is 5.74. The Morgan fingerprint density at radius 3 is 2.00 bits per heavy atom. The molecule has 4 bridgehead atoms. The van der Waals surface area contributed by atoms with Crippen LogP contribution in [0.25, 0.3) is 0 Å². The molecule has 3 N–H and O–H groups in total. The lowest BCUT2D eigenvalue weighted by Gasteiger charge is -2.57. The molecule has 0 aliphatic heterocycles. The van der Waals surface area contributed by atoms with Crippen molar-refractivity contribution in [3.63, 3.8) is 0 Å². The summed E-state index contributed by atoms with van der Waals surface area (Å²) >= 11 is 0. The van der Waals surface area contributed by atoms with Crippen LogP contribution in [-0.4, -0.2) is 6.54 Å². The number of nitrogens with two attached hydrogens (primary N) is 1. The first-order valence-electron chi connectivity index (χ1n) is 7.80. The molecule has 4 saturated carbocycles. The van der Waals surface area contributed by atoms with Crippen LogP contribution in [0.5, 0.6) is 0 Å². The van der Waals surface area contributed by atoms with Gasteiger partial charge in [0.15, 0.2) is 0 Å². The molecule has 19 heavy (non-hydrogen) atoms. The minimum atomic E-state index is 0.607. The van der Waals surface area contributed by atoms with E-state index in [9.17, 15) is 0 Å². The molecule has 0 aromatic heterocycles.